The van der Waals surface area contributed by atoms with Crippen molar-refractivity contribution in [3.05, 3.63) is 48.5 Å². The highest BCUT2D eigenvalue weighted by molar-refractivity contribution is 5.92. The van der Waals surface area contributed by atoms with Crippen molar-refractivity contribution in [1.29, 1.82) is 0 Å². The molecule has 31 heavy (non-hydrogen) atoms. The molecule has 2 amide bonds. The first-order chi connectivity index (χ1) is 15.0. The van der Waals surface area contributed by atoms with Crippen molar-refractivity contribution in [2.45, 2.75) is 18.9 Å². The second-order valence-corrected chi connectivity index (χ2v) is 8.58. The first-order valence-corrected chi connectivity index (χ1v) is 10.9. The van der Waals surface area contributed by atoms with E-state index in [1.54, 1.807) is 17.1 Å². The van der Waals surface area contributed by atoms with E-state index >= 15 is 0 Å². The van der Waals surface area contributed by atoms with E-state index in [1.807, 2.05) is 47.2 Å². The molecule has 0 saturated carbocycles. The lowest BCUT2D eigenvalue weighted by atomic mass is 9.90. The maximum absolute atomic E-state index is 13.1. The van der Waals surface area contributed by atoms with Crippen LogP contribution in [0.3, 0.4) is 0 Å². The summed E-state index contributed by atoms with van der Waals surface area (Å²) in [6, 6.07) is 9.71. The van der Waals surface area contributed by atoms with Gasteiger partial charge in [0.15, 0.2) is 0 Å². The standard InChI is InChI=1S/C23H31N5O3/c1-25-10-12-27(13-11-25)22(29)14-18-15-28(23(30)20-16-26(2)17-24-20)9-8-21(18)31-19-6-4-3-5-7-19/h3-7,16-18,21H,8-15H2,1-2H3/t18-,21-/m0/s1. The van der Waals surface area contributed by atoms with E-state index < -0.39 is 0 Å². The van der Waals surface area contributed by atoms with E-state index in [0.717, 1.165) is 31.9 Å². The molecular formula is C23H31N5O3. The van der Waals surface area contributed by atoms with Gasteiger partial charge in [0.2, 0.25) is 5.91 Å². The summed E-state index contributed by atoms with van der Waals surface area (Å²) in [6.45, 7) is 4.37. The van der Waals surface area contributed by atoms with Crippen LogP contribution >= 0.6 is 0 Å². The Morgan fingerprint density at radius 2 is 1.77 bits per heavy atom. The molecule has 1 aromatic heterocycles. The Morgan fingerprint density at radius 1 is 1.03 bits per heavy atom. The van der Waals surface area contributed by atoms with Crippen LogP contribution in [0.4, 0.5) is 0 Å². The zero-order chi connectivity index (χ0) is 21.8. The Labute approximate surface area is 183 Å². The summed E-state index contributed by atoms with van der Waals surface area (Å²) >= 11 is 0. The van der Waals surface area contributed by atoms with Gasteiger partial charge in [-0.05, 0) is 19.2 Å². The average Bonchev–Trinajstić information content (AvgIpc) is 3.22. The maximum Gasteiger partial charge on any atom is 0.274 e. The number of hydrogen-bond acceptors (Lipinski definition) is 5. The number of piperidine rings is 1. The summed E-state index contributed by atoms with van der Waals surface area (Å²) in [5.74, 6) is 0.797. The largest absolute Gasteiger partial charge is 0.490 e. The smallest absolute Gasteiger partial charge is 0.274 e. The number of benzene rings is 1. The Kier molecular flexibility index (Phi) is 6.56. The number of imidazole rings is 1. The number of likely N-dealkylation sites (tertiary alicyclic amines) is 1. The minimum Gasteiger partial charge on any atom is -0.490 e. The highest BCUT2D eigenvalue weighted by Gasteiger charge is 2.36. The van der Waals surface area contributed by atoms with Crippen molar-refractivity contribution in [2.75, 3.05) is 46.3 Å². The molecule has 2 aromatic rings. The van der Waals surface area contributed by atoms with Crippen LogP contribution in [0.15, 0.2) is 42.9 Å². The molecule has 0 bridgehead atoms. The van der Waals surface area contributed by atoms with Crippen molar-refractivity contribution in [2.24, 2.45) is 13.0 Å². The van der Waals surface area contributed by atoms with E-state index in [-0.39, 0.29) is 23.8 Å². The highest BCUT2D eigenvalue weighted by atomic mass is 16.5. The topological polar surface area (TPSA) is 70.9 Å². The SMILES string of the molecule is CN1CCN(C(=O)C[C@H]2CN(C(=O)c3cn(C)cn3)CC[C@@H]2Oc2ccccc2)CC1. The number of amides is 2. The lowest BCUT2D eigenvalue weighted by Gasteiger charge is -2.39. The molecule has 2 fully saturated rings. The van der Waals surface area contributed by atoms with Crippen LogP contribution in [0, 0.1) is 5.92 Å². The number of aromatic nitrogens is 2. The van der Waals surface area contributed by atoms with Gasteiger partial charge in [-0.1, -0.05) is 18.2 Å². The van der Waals surface area contributed by atoms with Crippen LogP contribution in [-0.2, 0) is 11.8 Å². The minimum absolute atomic E-state index is 0.0613. The molecule has 0 spiro atoms. The van der Waals surface area contributed by atoms with Crippen molar-refractivity contribution in [3.8, 4) is 5.75 Å². The highest BCUT2D eigenvalue weighted by Crippen LogP contribution is 2.27. The fourth-order valence-corrected chi connectivity index (χ4v) is 4.31. The number of rotatable bonds is 5. The third-order valence-electron chi connectivity index (χ3n) is 6.20. The van der Waals surface area contributed by atoms with Gasteiger partial charge < -0.3 is 24.0 Å². The average molecular weight is 426 g/mol. The fraction of sp³-hybridized carbons (Fsp3) is 0.522. The van der Waals surface area contributed by atoms with Crippen LogP contribution in [0.25, 0.3) is 0 Å². The summed E-state index contributed by atoms with van der Waals surface area (Å²) in [6.07, 6.45) is 4.33. The molecule has 8 nitrogen and oxygen atoms in total. The van der Waals surface area contributed by atoms with E-state index in [9.17, 15) is 9.59 Å². The zero-order valence-corrected chi connectivity index (χ0v) is 18.3. The molecule has 1 aromatic carbocycles. The molecule has 8 heteroatoms. The predicted octanol–water partition coefficient (Wildman–Crippen LogP) is 1.49. The van der Waals surface area contributed by atoms with Crippen LogP contribution in [0.2, 0.25) is 0 Å². The molecule has 0 aliphatic carbocycles. The van der Waals surface area contributed by atoms with Gasteiger partial charge in [-0.25, -0.2) is 4.98 Å². The lowest BCUT2D eigenvalue weighted by molar-refractivity contribution is -0.135. The Morgan fingerprint density at radius 3 is 2.45 bits per heavy atom. The predicted molar refractivity (Wildman–Crippen MR) is 117 cm³/mol. The molecule has 0 radical (unpaired) electrons. The van der Waals surface area contributed by atoms with Crippen LogP contribution in [0.5, 0.6) is 5.75 Å². The van der Waals surface area contributed by atoms with Gasteiger partial charge in [0.05, 0.1) is 6.33 Å². The Hall–Kier alpha value is -2.87. The Balaban J connectivity index is 1.46. The number of carbonyl (C=O) groups excluding carboxylic acids is 2. The molecule has 166 valence electrons. The number of likely N-dealkylation sites (N-methyl/N-ethyl adjacent to an activating group) is 1. The van der Waals surface area contributed by atoms with Crippen molar-refractivity contribution >= 4 is 11.8 Å². The summed E-state index contributed by atoms with van der Waals surface area (Å²) in [5.41, 5.74) is 0.439. The van der Waals surface area contributed by atoms with E-state index in [2.05, 4.69) is 16.9 Å². The summed E-state index contributed by atoms with van der Waals surface area (Å²) in [5, 5.41) is 0. The van der Waals surface area contributed by atoms with Crippen molar-refractivity contribution in [3.63, 3.8) is 0 Å². The van der Waals surface area contributed by atoms with E-state index in [0.29, 0.717) is 31.6 Å². The fourth-order valence-electron chi connectivity index (χ4n) is 4.31. The van der Waals surface area contributed by atoms with E-state index in [1.165, 1.54) is 0 Å². The Bertz CT molecular complexity index is 892. The monoisotopic (exact) mass is 425 g/mol. The van der Waals surface area contributed by atoms with Gasteiger partial charge in [-0.3, -0.25) is 9.59 Å². The van der Waals surface area contributed by atoms with Crippen LogP contribution in [0.1, 0.15) is 23.3 Å². The quantitative estimate of drug-likeness (QED) is 0.726. The molecule has 2 atom stereocenters. The number of piperazine rings is 1. The number of nitrogens with zero attached hydrogens (tertiary/aromatic N) is 5. The first-order valence-electron chi connectivity index (χ1n) is 10.9. The summed E-state index contributed by atoms with van der Waals surface area (Å²) in [4.78, 5) is 36.2. The third-order valence-corrected chi connectivity index (χ3v) is 6.20. The normalized spacial score (nSPS) is 22.4. The molecule has 3 heterocycles. The third kappa shape index (κ3) is 5.25. The molecule has 2 aliphatic heterocycles. The first kappa shape index (κ1) is 21.4. The summed E-state index contributed by atoms with van der Waals surface area (Å²) in [7, 11) is 3.93. The molecule has 0 N–H and O–H groups in total. The number of carbonyl (C=O) groups is 2. The van der Waals surface area contributed by atoms with Crippen molar-refractivity contribution < 1.29 is 14.3 Å². The van der Waals surface area contributed by atoms with Gasteiger partial charge in [0.25, 0.3) is 5.91 Å². The van der Waals surface area contributed by atoms with Crippen LogP contribution in [-0.4, -0.2) is 88.5 Å². The van der Waals surface area contributed by atoms with Gasteiger partial charge in [0.1, 0.15) is 17.5 Å². The second kappa shape index (κ2) is 9.51. The molecule has 4 rings (SSSR count). The van der Waals surface area contributed by atoms with E-state index in [4.69, 9.17) is 4.74 Å². The number of aryl methyl sites for hydroxylation is 1. The second-order valence-electron chi connectivity index (χ2n) is 8.58. The number of hydrogen-bond donors (Lipinski definition) is 0. The molecule has 2 saturated heterocycles. The molecular weight excluding hydrogens is 394 g/mol. The maximum atomic E-state index is 13.1. The summed E-state index contributed by atoms with van der Waals surface area (Å²) < 4.78 is 8.05. The molecule has 0 unspecified atom stereocenters. The van der Waals surface area contributed by atoms with Crippen molar-refractivity contribution in [1.82, 2.24) is 24.3 Å². The number of para-hydroxylation sites is 1. The van der Waals surface area contributed by atoms with Crippen LogP contribution < -0.4 is 4.74 Å². The van der Waals surface area contributed by atoms with Gasteiger partial charge >= 0.3 is 0 Å². The number of ether oxygens (including phenoxy) is 1. The minimum atomic E-state index is -0.105. The van der Waals surface area contributed by atoms with Gasteiger partial charge in [-0.2, -0.15) is 0 Å². The van der Waals surface area contributed by atoms with Gasteiger partial charge in [0, 0.05) is 71.3 Å². The lowest BCUT2D eigenvalue weighted by Crippen LogP contribution is -2.51. The molecule has 2 aliphatic rings. The zero-order valence-electron chi connectivity index (χ0n) is 18.3. The van der Waals surface area contributed by atoms with Gasteiger partial charge in [-0.15, -0.1) is 0 Å².